The highest BCUT2D eigenvalue weighted by molar-refractivity contribution is 5.74. The molecule has 0 amide bonds. The molecular weight excluding hydrogens is 330 g/mol. The Morgan fingerprint density at radius 3 is 2.38 bits per heavy atom. The number of aryl methyl sites for hydroxylation is 1. The van der Waals surface area contributed by atoms with Crippen LogP contribution in [-0.4, -0.2) is 17.6 Å². The monoisotopic (exact) mass is 349 g/mol. The predicted molar refractivity (Wildman–Crippen MR) is 97.7 cm³/mol. The molecule has 0 aliphatic rings. The fourth-order valence-electron chi connectivity index (χ4n) is 2.34. The molecule has 0 unspecified atom stereocenters. The highest BCUT2D eigenvalue weighted by Crippen LogP contribution is 2.22. The van der Waals surface area contributed by atoms with Crippen LogP contribution in [0.5, 0.6) is 23.1 Å². The van der Waals surface area contributed by atoms with E-state index in [1.807, 2.05) is 43.3 Å². The second-order valence-corrected chi connectivity index (χ2v) is 5.47. The zero-order chi connectivity index (χ0) is 18.2. The number of para-hydroxylation sites is 1. The van der Waals surface area contributed by atoms with Gasteiger partial charge in [-0.1, -0.05) is 31.2 Å². The van der Waals surface area contributed by atoms with Crippen LogP contribution in [0.15, 0.2) is 72.9 Å². The number of hydrogen-bond acceptors (Lipinski definition) is 5. The molecule has 2 aromatic carbocycles. The number of rotatable bonds is 7. The minimum absolute atomic E-state index is 0.150. The first-order valence-corrected chi connectivity index (χ1v) is 8.35. The van der Waals surface area contributed by atoms with Gasteiger partial charge in [-0.25, -0.2) is 9.78 Å². The lowest BCUT2D eigenvalue weighted by Gasteiger charge is -2.10. The van der Waals surface area contributed by atoms with E-state index in [0.717, 1.165) is 12.0 Å². The van der Waals surface area contributed by atoms with E-state index in [-0.39, 0.29) is 6.61 Å². The molecule has 0 bridgehead atoms. The van der Waals surface area contributed by atoms with Gasteiger partial charge >= 0.3 is 5.97 Å². The van der Waals surface area contributed by atoms with Crippen molar-refractivity contribution >= 4 is 5.97 Å². The lowest BCUT2D eigenvalue weighted by Crippen LogP contribution is -2.18. The van der Waals surface area contributed by atoms with Crippen LogP contribution < -0.4 is 14.2 Å². The fraction of sp³-hybridized carbons (Fsp3) is 0.143. The summed E-state index contributed by atoms with van der Waals surface area (Å²) in [4.78, 5) is 16.1. The summed E-state index contributed by atoms with van der Waals surface area (Å²) in [5.41, 5.74) is 1.05. The first-order chi connectivity index (χ1) is 12.7. The van der Waals surface area contributed by atoms with E-state index in [9.17, 15) is 4.79 Å². The van der Waals surface area contributed by atoms with Crippen molar-refractivity contribution in [3.63, 3.8) is 0 Å². The summed E-state index contributed by atoms with van der Waals surface area (Å²) in [6, 6.07) is 19.8. The van der Waals surface area contributed by atoms with E-state index >= 15 is 0 Å². The molecule has 0 atom stereocenters. The van der Waals surface area contributed by atoms with Crippen molar-refractivity contribution in [1.82, 2.24) is 4.98 Å². The second-order valence-electron chi connectivity index (χ2n) is 5.47. The van der Waals surface area contributed by atoms with Crippen molar-refractivity contribution < 1.29 is 19.0 Å². The Hall–Kier alpha value is -3.34. The van der Waals surface area contributed by atoms with Crippen molar-refractivity contribution in [2.45, 2.75) is 13.3 Å². The van der Waals surface area contributed by atoms with Crippen molar-refractivity contribution in [3.05, 3.63) is 78.5 Å². The number of ether oxygens (including phenoxy) is 3. The van der Waals surface area contributed by atoms with Crippen molar-refractivity contribution in [1.29, 1.82) is 0 Å². The highest BCUT2D eigenvalue weighted by Gasteiger charge is 2.08. The summed E-state index contributed by atoms with van der Waals surface area (Å²) in [5.74, 6) is 1.77. The van der Waals surface area contributed by atoms with E-state index in [0.29, 0.717) is 23.1 Å². The predicted octanol–water partition coefficient (Wildman–Crippen LogP) is 4.42. The summed E-state index contributed by atoms with van der Waals surface area (Å²) < 4.78 is 16.4. The molecule has 3 rings (SSSR count). The van der Waals surface area contributed by atoms with E-state index in [1.165, 1.54) is 0 Å². The normalized spacial score (nSPS) is 10.2. The smallest absolute Gasteiger partial charge is 0.349 e. The number of carbonyl (C=O) groups is 1. The van der Waals surface area contributed by atoms with Crippen molar-refractivity contribution in [2.75, 3.05) is 6.61 Å². The average molecular weight is 349 g/mol. The molecule has 0 N–H and O–H groups in total. The van der Waals surface area contributed by atoms with Crippen LogP contribution >= 0.6 is 0 Å². The maximum atomic E-state index is 12.0. The van der Waals surface area contributed by atoms with Gasteiger partial charge in [-0.05, 0) is 48.4 Å². The Morgan fingerprint density at radius 1 is 0.923 bits per heavy atom. The summed E-state index contributed by atoms with van der Waals surface area (Å²) in [6.45, 7) is 1.89. The first kappa shape index (κ1) is 17.5. The summed E-state index contributed by atoms with van der Waals surface area (Å²) >= 11 is 0. The zero-order valence-corrected chi connectivity index (χ0v) is 14.4. The molecule has 0 aliphatic heterocycles. The third-order valence-electron chi connectivity index (χ3n) is 3.61. The number of benzene rings is 2. The molecule has 0 radical (unpaired) electrons. The van der Waals surface area contributed by atoms with Gasteiger partial charge in [0.25, 0.3) is 0 Å². The molecular formula is C21H19NO4. The number of esters is 1. The maximum Gasteiger partial charge on any atom is 0.349 e. The van der Waals surface area contributed by atoms with Crippen LogP contribution in [0, 0.1) is 0 Å². The number of hydrogen-bond donors (Lipinski definition) is 0. The molecule has 26 heavy (non-hydrogen) atoms. The third kappa shape index (κ3) is 4.83. The van der Waals surface area contributed by atoms with Gasteiger partial charge in [0, 0.05) is 12.3 Å². The quantitative estimate of drug-likeness (QED) is 0.467. The van der Waals surface area contributed by atoms with E-state index in [2.05, 4.69) is 4.98 Å². The van der Waals surface area contributed by atoms with Crippen LogP contribution in [0.4, 0.5) is 0 Å². The van der Waals surface area contributed by atoms with Crippen LogP contribution in [0.1, 0.15) is 12.5 Å². The topological polar surface area (TPSA) is 57.7 Å². The average Bonchev–Trinajstić information content (AvgIpc) is 2.69. The maximum absolute atomic E-state index is 12.0. The Balaban J connectivity index is 1.53. The first-order valence-electron chi connectivity index (χ1n) is 8.35. The Bertz CT molecular complexity index is 847. The molecule has 0 aliphatic carbocycles. The van der Waals surface area contributed by atoms with E-state index in [1.54, 1.807) is 36.5 Å². The number of pyridine rings is 1. The van der Waals surface area contributed by atoms with Crippen molar-refractivity contribution in [2.24, 2.45) is 0 Å². The summed E-state index contributed by atoms with van der Waals surface area (Å²) in [6.07, 6.45) is 2.49. The van der Waals surface area contributed by atoms with Gasteiger partial charge < -0.3 is 14.2 Å². The third-order valence-corrected chi connectivity index (χ3v) is 3.61. The van der Waals surface area contributed by atoms with E-state index in [4.69, 9.17) is 14.2 Å². The van der Waals surface area contributed by atoms with Gasteiger partial charge in [-0.2, -0.15) is 0 Å². The minimum Gasteiger partial charge on any atom is -0.482 e. The highest BCUT2D eigenvalue weighted by atomic mass is 16.6. The Morgan fingerprint density at radius 2 is 1.65 bits per heavy atom. The molecule has 5 nitrogen and oxygen atoms in total. The molecule has 5 heteroatoms. The lowest BCUT2D eigenvalue weighted by molar-refractivity contribution is -0.136. The van der Waals surface area contributed by atoms with Crippen molar-refractivity contribution in [3.8, 4) is 23.1 Å². The number of nitrogens with zero attached hydrogens (tertiary/aromatic N) is 1. The second kappa shape index (κ2) is 8.67. The minimum atomic E-state index is -0.464. The molecule has 0 spiro atoms. The van der Waals surface area contributed by atoms with Crippen LogP contribution in [0.25, 0.3) is 0 Å². The van der Waals surface area contributed by atoms with Gasteiger partial charge in [0.05, 0.1) is 0 Å². The van der Waals surface area contributed by atoms with Crippen LogP contribution in [-0.2, 0) is 11.2 Å². The number of carbonyl (C=O) groups excluding carboxylic acids is 1. The zero-order valence-electron chi connectivity index (χ0n) is 14.4. The SMILES string of the molecule is CCc1ccccc1OCC(=O)Oc1ccc(Oc2ccccn2)cc1. The molecule has 1 aromatic heterocycles. The summed E-state index contributed by atoms with van der Waals surface area (Å²) in [7, 11) is 0. The Kier molecular flexibility index (Phi) is 5.83. The molecule has 0 saturated heterocycles. The Labute approximate surface area is 152 Å². The largest absolute Gasteiger partial charge is 0.482 e. The lowest BCUT2D eigenvalue weighted by atomic mass is 10.1. The molecule has 3 aromatic rings. The molecule has 132 valence electrons. The van der Waals surface area contributed by atoms with Gasteiger partial charge in [0.2, 0.25) is 5.88 Å². The molecule has 0 fully saturated rings. The van der Waals surface area contributed by atoms with Crippen LogP contribution in [0.2, 0.25) is 0 Å². The summed E-state index contributed by atoms with van der Waals surface area (Å²) in [5, 5.41) is 0. The standard InChI is InChI=1S/C21H19NO4/c1-2-16-7-3-4-8-19(16)24-15-21(23)26-18-12-10-17(11-13-18)25-20-9-5-6-14-22-20/h3-14H,2,15H2,1H3. The van der Waals surface area contributed by atoms with Crippen LogP contribution in [0.3, 0.4) is 0 Å². The van der Waals surface area contributed by atoms with Gasteiger partial charge in [-0.3, -0.25) is 0 Å². The van der Waals surface area contributed by atoms with E-state index < -0.39 is 5.97 Å². The molecule has 0 saturated carbocycles. The van der Waals surface area contributed by atoms with Gasteiger partial charge in [0.1, 0.15) is 17.2 Å². The fourth-order valence-corrected chi connectivity index (χ4v) is 2.34. The van der Waals surface area contributed by atoms with Gasteiger partial charge in [0.15, 0.2) is 6.61 Å². The number of aromatic nitrogens is 1. The molecule has 1 heterocycles. The van der Waals surface area contributed by atoms with Gasteiger partial charge in [-0.15, -0.1) is 0 Å².